The van der Waals surface area contributed by atoms with E-state index in [9.17, 15) is 4.39 Å². The third kappa shape index (κ3) is 1.28. The minimum Gasteiger partial charge on any atom is -0.423 e. The third-order valence-electron chi connectivity index (χ3n) is 2.05. The first kappa shape index (κ1) is 9.45. The molecule has 0 unspecified atom stereocenters. The number of benzene rings is 1. The Morgan fingerprint density at radius 2 is 2.14 bits per heavy atom. The monoisotopic (exact) mass is 211 g/mol. The van der Waals surface area contributed by atoms with Crippen LogP contribution in [0.25, 0.3) is 10.1 Å². The number of anilines is 1. The molecule has 14 heavy (non-hydrogen) atoms. The first-order valence-electron chi connectivity index (χ1n) is 3.92. The van der Waals surface area contributed by atoms with Crippen molar-refractivity contribution in [3.63, 3.8) is 0 Å². The van der Waals surface area contributed by atoms with Crippen molar-refractivity contribution in [3.05, 3.63) is 23.3 Å². The van der Waals surface area contributed by atoms with Crippen LogP contribution in [0.5, 0.6) is 0 Å². The van der Waals surface area contributed by atoms with E-state index in [0.29, 0.717) is 10.1 Å². The van der Waals surface area contributed by atoms with Gasteiger partial charge in [-0.25, -0.2) is 4.39 Å². The van der Waals surface area contributed by atoms with Crippen molar-refractivity contribution in [1.29, 1.82) is 0 Å². The van der Waals surface area contributed by atoms with E-state index in [-0.39, 0.29) is 11.2 Å². The number of hydrogen-bond acceptors (Lipinski definition) is 4. The van der Waals surface area contributed by atoms with Gasteiger partial charge in [0.05, 0.1) is 0 Å². The highest BCUT2D eigenvalue weighted by molar-refractivity contribution is 7.17. The highest BCUT2D eigenvalue weighted by atomic mass is 32.1. The number of nitrogens with two attached hydrogens (primary N) is 1. The van der Waals surface area contributed by atoms with Gasteiger partial charge in [0.25, 0.3) is 0 Å². The van der Waals surface area contributed by atoms with Gasteiger partial charge in [0.2, 0.25) is 0 Å². The molecular formula is C8H7BFNO2S. The van der Waals surface area contributed by atoms with Gasteiger partial charge in [-0.3, -0.25) is 0 Å². The number of thiophene rings is 1. The Kier molecular flexibility index (Phi) is 2.18. The Morgan fingerprint density at radius 1 is 1.43 bits per heavy atom. The van der Waals surface area contributed by atoms with Crippen molar-refractivity contribution in [1.82, 2.24) is 0 Å². The summed E-state index contributed by atoms with van der Waals surface area (Å²) < 4.78 is 14.0. The first-order chi connectivity index (χ1) is 6.61. The van der Waals surface area contributed by atoms with Gasteiger partial charge >= 0.3 is 7.12 Å². The minimum atomic E-state index is -1.88. The zero-order valence-electron chi connectivity index (χ0n) is 7.07. The largest absolute Gasteiger partial charge is 0.493 e. The highest BCUT2D eigenvalue weighted by Crippen LogP contribution is 2.26. The molecule has 0 aliphatic heterocycles. The van der Waals surface area contributed by atoms with Crippen molar-refractivity contribution in [2.24, 2.45) is 0 Å². The molecule has 1 aromatic heterocycles. The van der Waals surface area contributed by atoms with E-state index < -0.39 is 12.9 Å². The van der Waals surface area contributed by atoms with Gasteiger partial charge < -0.3 is 15.8 Å². The predicted octanol–water partition coefficient (Wildman–Crippen LogP) is 0.302. The normalized spacial score (nSPS) is 10.8. The molecule has 0 aliphatic carbocycles. The summed E-state index contributed by atoms with van der Waals surface area (Å²) in [6.45, 7) is 0. The Labute approximate surface area is 83.7 Å². The predicted molar refractivity (Wildman–Crippen MR) is 56.0 cm³/mol. The smallest absolute Gasteiger partial charge is 0.423 e. The lowest BCUT2D eigenvalue weighted by Gasteiger charge is -2.06. The van der Waals surface area contributed by atoms with Crippen molar-refractivity contribution >= 4 is 39.7 Å². The van der Waals surface area contributed by atoms with Crippen LogP contribution in [-0.4, -0.2) is 17.2 Å². The van der Waals surface area contributed by atoms with Crippen molar-refractivity contribution in [2.75, 3.05) is 5.73 Å². The molecule has 0 saturated carbocycles. The second-order valence-electron chi connectivity index (χ2n) is 2.89. The molecule has 0 amide bonds. The number of nitrogen functional groups attached to an aromatic ring is 1. The molecule has 0 atom stereocenters. The average Bonchev–Trinajstić information content (AvgIpc) is 2.50. The van der Waals surface area contributed by atoms with Gasteiger partial charge in [-0.05, 0) is 17.5 Å². The van der Waals surface area contributed by atoms with E-state index in [1.54, 1.807) is 11.4 Å². The molecular weight excluding hydrogens is 204 g/mol. The lowest BCUT2D eigenvalue weighted by Crippen LogP contribution is -2.35. The fraction of sp³-hybridized carbons (Fsp3) is 0. The van der Waals surface area contributed by atoms with E-state index in [1.807, 2.05) is 0 Å². The molecule has 2 rings (SSSR count). The van der Waals surface area contributed by atoms with E-state index in [4.69, 9.17) is 15.8 Å². The Bertz CT molecular complexity index is 485. The van der Waals surface area contributed by atoms with E-state index in [0.717, 1.165) is 0 Å². The van der Waals surface area contributed by atoms with Gasteiger partial charge in [-0.15, -0.1) is 11.3 Å². The SMILES string of the molecule is Nc1c(B(O)O)c(F)cc2sccc12. The lowest BCUT2D eigenvalue weighted by molar-refractivity contribution is 0.423. The van der Waals surface area contributed by atoms with Crippen LogP contribution in [0.1, 0.15) is 0 Å². The molecule has 72 valence electrons. The number of rotatable bonds is 1. The number of hydrogen-bond donors (Lipinski definition) is 3. The maximum atomic E-state index is 13.3. The van der Waals surface area contributed by atoms with Crippen LogP contribution >= 0.6 is 11.3 Å². The minimum absolute atomic E-state index is 0.0938. The Hall–Kier alpha value is -1.11. The van der Waals surface area contributed by atoms with E-state index in [1.165, 1.54) is 17.4 Å². The fourth-order valence-electron chi connectivity index (χ4n) is 1.38. The first-order valence-corrected chi connectivity index (χ1v) is 4.80. The lowest BCUT2D eigenvalue weighted by atomic mass is 9.78. The van der Waals surface area contributed by atoms with Crippen LogP contribution in [0.2, 0.25) is 0 Å². The molecule has 3 nitrogen and oxygen atoms in total. The van der Waals surface area contributed by atoms with Crippen LogP contribution in [0.15, 0.2) is 17.5 Å². The van der Waals surface area contributed by atoms with Crippen LogP contribution in [0, 0.1) is 5.82 Å². The van der Waals surface area contributed by atoms with Crippen molar-refractivity contribution in [3.8, 4) is 0 Å². The maximum Gasteiger partial charge on any atom is 0.493 e. The summed E-state index contributed by atoms with van der Waals surface area (Å²) >= 11 is 1.35. The molecule has 6 heteroatoms. The summed E-state index contributed by atoms with van der Waals surface area (Å²) in [5.74, 6) is -0.688. The quantitative estimate of drug-likeness (QED) is 0.469. The van der Waals surface area contributed by atoms with Gasteiger partial charge in [0.15, 0.2) is 0 Å². The van der Waals surface area contributed by atoms with Crippen LogP contribution in [0.4, 0.5) is 10.1 Å². The Morgan fingerprint density at radius 3 is 2.79 bits per heavy atom. The second-order valence-corrected chi connectivity index (χ2v) is 3.84. The topological polar surface area (TPSA) is 66.5 Å². The molecule has 1 aromatic carbocycles. The summed E-state index contributed by atoms with van der Waals surface area (Å²) in [4.78, 5) is 0. The molecule has 0 radical (unpaired) electrons. The molecule has 2 aromatic rings. The van der Waals surface area contributed by atoms with Crippen LogP contribution in [-0.2, 0) is 0 Å². The zero-order chi connectivity index (χ0) is 10.3. The third-order valence-corrected chi connectivity index (χ3v) is 2.91. The van der Waals surface area contributed by atoms with Crippen molar-refractivity contribution < 1.29 is 14.4 Å². The molecule has 1 heterocycles. The van der Waals surface area contributed by atoms with E-state index >= 15 is 0 Å². The molecule has 0 spiro atoms. The van der Waals surface area contributed by atoms with Crippen LogP contribution < -0.4 is 11.2 Å². The number of fused-ring (bicyclic) bond motifs is 1. The molecule has 0 bridgehead atoms. The standard InChI is InChI=1S/C8H7BFNO2S/c10-5-3-6-4(1-2-14-6)8(11)7(5)9(12)13/h1-3,12-13H,11H2. The summed E-state index contributed by atoms with van der Waals surface area (Å²) in [6, 6.07) is 2.98. The molecule has 0 saturated heterocycles. The summed E-state index contributed by atoms with van der Waals surface area (Å²) in [5.41, 5.74) is 5.45. The summed E-state index contributed by atoms with van der Waals surface area (Å²) in [6.07, 6.45) is 0. The zero-order valence-corrected chi connectivity index (χ0v) is 7.88. The summed E-state index contributed by atoms with van der Waals surface area (Å²) in [7, 11) is -1.88. The van der Waals surface area contributed by atoms with Gasteiger partial charge in [0, 0.05) is 21.2 Å². The van der Waals surface area contributed by atoms with E-state index in [2.05, 4.69) is 0 Å². The van der Waals surface area contributed by atoms with Gasteiger partial charge in [-0.2, -0.15) is 0 Å². The van der Waals surface area contributed by atoms with Gasteiger partial charge in [-0.1, -0.05) is 0 Å². The average molecular weight is 211 g/mol. The Balaban J connectivity index is 2.82. The van der Waals surface area contributed by atoms with Crippen molar-refractivity contribution in [2.45, 2.75) is 0 Å². The highest BCUT2D eigenvalue weighted by Gasteiger charge is 2.22. The number of halogens is 1. The molecule has 0 fully saturated rings. The van der Waals surface area contributed by atoms with Crippen LogP contribution in [0.3, 0.4) is 0 Å². The summed E-state index contributed by atoms with van der Waals surface area (Å²) in [5, 5.41) is 20.3. The maximum absolute atomic E-state index is 13.3. The molecule has 4 N–H and O–H groups in total. The second kappa shape index (κ2) is 3.23. The fourth-order valence-corrected chi connectivity index (χ4v) is 2.21. The van der Waals surface area contributed by atoms with Gasteiger partial charge in [0.1, 0.15) is 5.82 Å². The molecule has 0 aliphatic rings.